The number of rotatable bonds is 0. The Hall–Kier alpha value is 0.0200. The van der Waals surface area contributed by atoms with Gasteiger partial charge in [0, 0.05) is 0 Å². The molecule has 0 saturated carbocycles. The minimum atomic E-state index is -1.08. The summed E-state index contributed by atoms with van der Waals surface area (Å²) in [6.45, 7) is 0.842. The first-order valence-corrected chi connectivity index (χ1v) is 3.27. The molecule has 1 unspecified atom stereocenters. The lowest BCUT2D eigenvalue weighted by Crippen LogP contribution is -2.16. The predicted octanol–water partition coefficient (Wildman–Crippen LogP) is -0.163. The van der Waals surface area contributed by atoms with Crippen molar-refractivity contribution in [3.05, 3.63) is 0 Å². The maximum Gasteiger partial charge on any atom is 0.448 e. The van der Waals surface area contributed by atoms with Crippen molar-refractivity contribution < 1.29 is 4.57 Å². The van der Waals surface area contributed by atoms with Crippen LogP contribution in [-0.2, 0) is 4.57 Å². The predicted molar refractivity (Wildman–Crippen MR) is 23.6 cm³/mol. The molecule has 0 amide bonds. The lowest BCUT2D eigenvalue weighted by atomic mass is 10.8. The van der Waals surface area contributed by atoms with Crippen LogP contribution < -0.4 is 10.6 Å². The summed E-state index contributed by atoms with van der Waals surface area (Å²) in [6.07, 6.45) is 0.773. The second-order valence-electron chi connectivity index (χ2n) is 1.14. The third-order valence-electron chi connectivity index (χ3n) is 0.644. The van der Waals surface area contributed by atoms with Crippen molar-refractivity contribution in [1.82, 2.24) is 10.6 Å². The van der Waals surface area contributed by atoms with E-state index >= 15 is 0 Å². The SMILES string of the molecule is O=[P+]1CCNN1. The second-order valence-corrected chi connectivity index (χ2v) is 2.57. The lowest BCUT2D eigenvalue weighted by molar-refractivity contribution is 0.582. The third kappa shape index (κ3) is 0.744. The van der Waals surface area contributed by atoms with E-state index in [1.54, 1.807) is 0 Å². The zero-order valence-electron chi connectivity index (χ0n) is 3.27. The van der Waals surface area contributed by atoms with Gasteiger partial charge in [-0.3, -0.25) is 0 Å². The first-order valence-electron chi connectivity index (χ1n) is 1.83. The van der Waals surface area contributed by atoms with Crippen LogP contribution in [0.25, 0.3) is 0 Å². The van der Waals surface area contributed by atoms with Crippen LogP contribution in [0.2, 0.25) is 0 Å². The van der Waals surface area contributed by atoms with Crippen molar-refractivity contribution in [1.29, 1.82) is 0 Å². The van der Waals surface area contributed by atoms with Crippen molar-refractivity contribution in [3.8, 4) is 0 Å². The van der Waals surface area contributed by atoms with E-state index < -0.39 is 7.95 Å². The molecule has 1 fully saturated rings. The second kappa shape index (κ2) is 1.65. The van der Waals surface area contributed by atoms with Gasteiger partial charge in [-0.05, 0) is 9.76 Å². The Morgan fingerprint density at radius 2 is 2.50 bits per heavy atom. The van der Waals surface area contributed by atoms with Gasteiger partial charge in [0.1, 0.15) is 0 Å². The van der Waals surface area contributed by atoms with Crippen molar-refractivity contribution in [2.75, 3.05) is 12.7 Å². The molecule has 0 aliphatic carbocycles. The molecule has 6 heavy (non-hydrogen) atoms. The van der Waals surface area contributed by atoms with E-state index in [2.05, 4.69) is 10.6 Å². The fourth-order valence-corrected chi connectivity index (χ4v) is 1.07. The largest absolute Gasteiger partial charge is 0.448 e. The minimum absolute atomic E-state index is 0.773. The van der Waals surface area contributed by atoms with Gasteiger partial charge in [-0.1, -0.05) is 0 Å². The normalized spacial score (nSPS) is 28.3. The van der Waals surface area contributed by atoms with E-state index in [0.29, 0.717) is 0 Å². The third-order valence-corrected chi connectivity index (χ3v) is 1.68. The average Bonchev–Trinajstić information content (AvgIpc) is 1.86. The van der Waals surface area contributed by atoms with Crippen molar-refractivity contribution in [2.24, 2.45) is 0 Å². The summed E-state index contributed by atoms with van der Waals surface area (Å²) in [4.78, 5) is 0. The Morgan fingerprint density at radius 3 is 2.67 bits per heavy atom. The van der Waals surface area contributed by atoms with Crippen LogP contribution in [0.4, 0.5) is 0 Å². The van der Waals surface area contributed by atoms with E-state index in [1.807, 2.05) is 0 Å². The van der Waals surface area contributed by atoms with Gasteiger partial charge in [-0.2, -0.15) is 0 Å². The van der Waals surface area contributed by atoms with E-state index in [9.17, 15) is 4.57 Å². The molecule has 34 valence electrons. The molecule has 0 aromatic heterocycles. The molecular weight excluding hydrogens is 99.0 g/mol. The molecule has 1 aliphatic heterocycles. The van der Waals surface area contributed by atoms with Gasteiger partial charge in [0.2, 0.25) is 0 Å². The van der Waals surface area contributed by atoms with Crippen LogP contribution in [0.1, 0.15) is 0 Å². The Labute approximate surface area is 36.9 Å². The van der Waals surface area contributed by atoms with Crippen molar-refractivity contribution >= 4 is 7.95 Å². The Kier molecular flexibility index (Phi) is 1.15. The van der Waals surface area contributed by atoms with E-state index in [-0.39, 0.29) is 0 Å². The standard InChI is InChI=1S/C2H6N2OP/c5-6-2-1-3-4-6/h3H,1-2H2,(H,4,5)/q+1. The van der Waals surface area contributed by atoms with Gasteiger partial charge in [0.15, 0.2) is 6.16 Å². The van der Waals surface area contributed by atoms with Crippen LogP contribution in [0.15, 0.2) is 0 Å². The first-order chi connectivity index (χ1) is 2.89. The molecule has 0 bridgehead atoms. The molecule has 2 N–H and O–H groups in total. The Balaban J connectivity index is 2.37. The maximum atomic E-state index is 10.2. The average molecular weight is 105 g/mol. The van der Waals surface area contributed by atoms with Crippen LogP contribution in [0.3, 0.4) is 0 Å². The Morgan fingerprint density at radius 1 is 1.67 bits per heavy atom. The summed E-state index contributed by atoms with van der Waals surface area (Å²) in [7, 11) is -1.08. The van der Waals surface area contributed by atoms with E-state index in [4.69, 9.17) is 0 Å². The quantitative estimate of drug-likeness (QED) is 0.420. The topological polar surface area (TPSA) is 41.1 Å². The fourth-order valence-electron chi connectivity index (χ4n) is 0.357. The van der Waals surface area contributed by atoms with E-state index in [1.165, 1.54) is 0 Å². The molecule has 0 spiro atoms. The summed E-state index contributed by atoms with van der Waals surface area (Å²) >= 11 is 0. The van der Waals surface area contributed by atoms with Crippen molar-refractivity contribution in [2.45, 2.75) is 0 Å². The number of hydrogen-bond donors (Lipinski definition) is 2. The summed E-state index contributed by atoms with van der Waals surface area (Å²) in [5, 5.41) is 2.58. The van der Waals surface area contributed by atoms with Crippen LogP contribution in [0, 0.1) is 0 Å². The molecule has 1 saturated heterocycles. The van der Waals surface area contributed by atoms with Gasteiger partial charge >= 0.3 is 7.95 Å². The maximum absolute atomic E-state index is 10.2. The molecule has 0 radical (unpaired) electrons. The van der Waals surface area contributed by atoms with Gasteiger partial charge < -0.3 is 0 Å². The van der Waals surface area contributed by atoms with Crippen molar-refractivity contribution in [3.63, 3.8) is 0 Å². The zero-order valence-corrected chi connectivity index (χ0v) is 4.16. The molecule has 4 heteroatoms. The fraction of sp³-hybridized carbons (Fsp3) is 1.00. The van der Waals surface area contributed by atoms with Crippen LogP contribution >= 0.6 is 7.95 Å². The first kappa shape index (κ1) is 4.19. The summed E-state index contributed by atoms with van der Waals surface area (Å²) in [5.41, 5.74) is 2.74. The molecular formula is C2H6N2OP+. The number of hydrazine groups is 1. The van der Waals surface area contributed by atoms with Gasteiger partial charge in [-0.25, -0.2) is 5.43 Å². The molecule has 0 aromatic carbocycles. The van der Waals surface area contributed by atoms with Gasteiger partial charge in [-0.15, -0.1) is 0 Å². The van der Waals surface area contributed by atoms with Crippen LogP contribution in [-0.4, -0.2) is 12.7 Å². The Bertz CT molecular complexity index is 65.9. The number of hydrogen-bond acceptors (Lipinski definition) is 2. The lowest BCUT2D eigenvalue weighted by Gasteiger charge is -1.70. The zero-order chi connectivity index (χ0) is 4.41. The van der Waals surface area contributed by atoms with Gasteiger partial charge in [0.05, 0.1) is 6.54 Å². The highest BCUT2D eigenvalue weighted by atomic mass is 31.1. The van der Waals surface area contributed by atoms with E-state index in [0.717, 1.165) is 12.7 Å². The highest BCUT2D eigenvalue weighted by Crippen LogP contribution is 2.13. The number of nitrogens with one attached hydrogen (secondary N) is 2. The summed E-state index contributed by atoms with van der Waals surface area (Å²) < 4.78 is 10.2. The smallest absolute Gasteiger partial charge is 0.213 e. The molecule has 0 aromatic rings. The minimum Gasteiger partial charge on any atom is -0.213 e. The molecule has 1 rings (SSSR count). The highest BCUT2D eigenvalue weighted by Gasteiger charge is 2.19. The monoisotopic (exact) mass is 105 g/mol. The molecule has 3 nitrogen and oxygen atoms in total. The highest BCUT2D eigenvalue weighted by molar-refractivity contribution is 7.42. The summed E-state index contributed by atoms with van der Waals surface area (Å²) in [6, 6.07) is 0. The van der Waals surface area contributed by atoms with Gasteiger partial charge in [0.25, 0.3) is 0 Å². The molecule has 1 aliphatic rings. The molecule has 1 atom stereocenters. The van der Waals surface area contributed by atoms with Crippen LogP contribution in [0.5, 0.6) is 0 Å². The summed E-state index contributed by atoms with van der Waals surface area (Å²) in [5.74, 6) is 0. The molecule has 1 heterocycles.